The second-order valence-corrected chi connectivity index (χ2v) is 4.87. The Morgan fingerprint density at radius 2 is 1.95 bits per heavy atom. The van der Waals surface area contributed by atoms with Crippen molar-refractivity contribution < 1.29 is 9.90 Å². The van der Waals surface area contributed by atoms with E-state index in [1.54, 1.807) is 12.1 Å². The van der Waals surface area contributed by atoms with Crippen molar-refractivity contribution in [2.45, 2.75) is 6.92 Å². The minimum absolute atomic E-state index is 0.0633. The lowest BCUT2D eigenvalue weighted by Gasteiger charge is -2.16. The lowest BCUT2D eigenvalue weighted by atomic mass is 10.2. The number of nitrogens with one attached hydrogen (secondary N) is 1. The van der Waals surface area contributed by atoms with Gasteiger partial charge in [-0.15, -0.1) is 0 Å². The molecule has 0 saturated carbocycles. The van der Waals surface area contributed by atoms with Crippen molar-refractivity contribution in [3.05, 3.63) is 53.7 Å². The summed E-state index contributed by atoms with van der Waals surface area (Å²) in [5, 5.41) is 11.7. The van der Waals surface area contributed by atoms with Crippen LogP contribution >= 0.6 is 0 Å². The molecule has 1 heterocycles. The van der Waals surface area contributed by atoms with Gasteiger partial charge < -0.3 is 15.3 Å². The molecule has 5 nitrogen and oxygen atoms in total. The smallest absolute Gasteiger partial charge is 0.257 e. The number of rotatable bonds is 5. The van der Waals surface area contributed by atoms with Crippen molar-refractivity contribution >= 4 is 17.4 Å². The van der Waals surface area contributed by atoms with Gasteiger partial charge in [-0.2, -0.15) is 0 Å². The van der Waals surface area contributed by atoms with Crippen molar-refractivity contribution in [2.75, 3.05) is 30.4 Å². The minimum Gasteiger partial charge on any atom is -0.395 e. The molecule has 110 valence electrons. The molecule has 0 aliphatic heterocycles. The summed E-state index contributed by atoms with van der Waals surface area (Å²) in [6, 6.07) is 11.1. The normalized spacial score (nSPS) is 10.2. The van der Waals surface area contributed by atoms with E-state index in [1.807, 2.05) is 43.1 Å². The van der Waals surface area contributed by atoms with E-state index in [0.717, 1.165) is 17.1 Å². The Bertz CT molecular complexity index is 594. The molecule has 0 spiro atoms. The zero-order valence-electron chi connectivity index (χ0n) is 12.2. The number of benzene rings is 1. The lowest BCUT2D eigenvalue weighted by Crippen LogP contribution is -2.22. The van der Waals surface area contributed by atoms with Gasteiger partial charge in [0.1, 0.15) is 5.82 Å². The molecule has 0 aliphatic rings. The van der Waals surface area contributed by atoms with Crippen LogP contribution in [0.4, 0.5) is 11.5 Å². The van der Waals surface area contributed by atoms with Crippen LogP contribution in [0.3, 0.4) is 0 Å². The first-order valence-electron chi connectivity index (χ1n) is 6.76. The Kier molecular flexibility index (Phi) is 4.90. The lowest BCUT2D eigenvalue weighted by molar-refractivity contribution is 0.102. The summed E-state index contributed by atoms with van der Waals surface area (Å²) in [7, 11) is 1.84. The molecule has 0 radical (unpaired) electrons. The predicted molar refractivity (Wildman–Crippen MR) is 83.7 cm³/mol. The fraction of sp³-hybridized carbons (Fsp3) is 0.250. The standard InChI is InChI=1S/C16H19N3O2/c1-12-3-6-14(7-4-12)18-16(21)13-5-8-15(17-11-13)19(2)9-10-20/h3-8,11,20H,9-10H2,1-2H3,(H,18,21). The maximum Gasteiger partial charge on any atom is 0.257 e. The number of aryl methyl sites for hydroxylation is 1. The number of anilines is 2. The predicted octanol–water partition coefficient (Wildman–Crippen LogP) is 2.07. The van der Waals surface area contributed by atoms with Crippen LogP contribution < -0.4 is 10.2 Å². The number of aromatic nitrogens is 1. The van der Waals surface area contributed by atoms with Crippen LogP contribution in [0.15, 0.2) is 42.6 Å². The molecule has 2 N–H and O–H groups in total. The summed E-state index contributed by atoms with van der Waals surface area (Å²) in [5.74, 6) is 0.527. The molecule has 5 heteroatoms. The molecule has 1 amide bonds. The van der Waals surface area contributed by atoms with Gasteiger partial charge in [-0.1, -0.05) is 17.7 Å². The molecule has 0 saturated heterocycles. The number of pyridine rings is 1. The number of amides is 1. The van der Waals surface area contributed by atoms with E-state index in [2.05, 4.69) is 10.3 Å². The molecule has 1 aromatic heterocycles. The van der Waals surface area contributed by atoms with E-state index in [-0.39, 0.29) is 12.5 Å². The summed E-state index contributed by atoms with van der Waals surface area (Å²) >= 11 is 0. The Labute approximate surface area is 124 Å². The Balaban J connectivity index is 2.04. The van der Waals surface area contributed by atoms with Gasteiger partial charge >= 0.3 is 0 Å². The van der Waals surface area contributed by atoms with Crippen molar-refractivity contribution in [3.8, 4) is 0 Å². The van der Waals surface area contributed by atoms with Crippen LogP contribution in [0.25, 0.3) is 0 Å². The van der Waals surface area contributed by atoms with Gasteiger partial charge in [-0.3, -0.25) is 4.79 Å². The average molecular weight is 285 g/mol. The van der Waals surface area contributed by atoms with Gasteiger partial charge in [0.15, 0.2) is 0 Å². The molecule has 1 aromatic carbocycles. The van der Waals surface area contributed by atoms with E-state index in [9.17, 15) is 4.79 Å². The second kappa shape index (κ2) is 6.85. The summed E-state index contributed by atoms with van der Waals surface area (Å²) < 4.78 is 0. The van der Waals surface area contributed by atoms with Gasteiger partial charge in [-0.25, -0.2) is 4.98 Å². The Hall–Kier alpha value is -2.40. The summed E-state index contributed by atoms with van der Waals surface area (Å²) in [5.41, 5.74) is 2.40. The van der Waals surface area contributed by atoms with Gasteiger partial charge in [0.2, 0.25) is 0 Å². The van der Waals surface area contributed by atoms with Crippen LogP contribution in [0.5, 0.6) is 0 Å². The van der Waals surface area contributed by atoms with Crippen molar-refractivity contribution in [3.63, 3.8) is 0 Å². The maximum absolute atomic E-state index is 12.1. The third-order valence-electron chi connectivity index (χ3n) is 3.15. The summed E-state index contributed by atoms with van der Waals surface area (Å²) in [6.07, 6.45) is 1.53. The number of nitrogens with zero attached hydrogens (tertiary/aromatic N) is 2. The maximum atomic E-state index is 12.1. The largest absolute Gasteiger partial charge is 0.395 e. The molecule has 0 aliphatic carbocycles. The fourth-order valence-electron chi connectivity index (χ4n) is 1.85. The molecule has 0 atom stereocenters. The van der Waals surface area contributed by atoms with Gasteiger partial charge in [0, 0.05) is 25.5 Å². The van der Waals surface area contributed by atoms with E-state index >= 15 is 0 Å². The number of hydrogen-bond donors (Lipinski definition) is 2. The Morgan fingerprint density at radius 3 is 2.52 bits per heavy atom. The number of hydrogen-bond acceptors (Lipinski definition) is 4. The first kappa shape index (κ1) is 15.0. The van der Waals surface area contributed by atoms with Crippen LogP contribution in [0.1, 0.15) is 15.9 Å². The van der Waals surface area contributed by atoms with E-state index < -0.39 is 0 Å². The first-order chi connectivity index (χ1) is 10.1. The van der Waals surface area contributed by atoms with E-state index in [0.29, 0.717) is 12.1 Å². The van der Waals surface area contributed by atoms with Crippen molar-refractivity contribution in [2.24, 2.45) is 0 Å². The SMILES string of the molecule is Cc1ccc(NC(=O)c2ccc(N(C)CCO)nc2)cc1. The number of aliphatic hydroxyl groups excluding tert-OH is 1. The number of aliphatic hydroxyl groups is 1. The molecular weight excluding hydrogens is 266 g/mol. The van der Waals surface area contributed by atoms with E-state index in [1.165, 1.54) is 6.20 Å². The zero-order valence-corrected chi connectivity index (χ0v) is 12.2. The number of carbonyl (C=O) groups is 1. The highest BCUT2D eigenvalue weighted by Crippen LogP contribution is 2.13. The van der Waals surface area contributed by atoms with Crippen molar-refractivity contribution in [1.29, 1.82) is 0 Å². The van der Waals surface area contributed by atoms with Crippen LogP contribution in [0.2, 0.25) is 0 Å². The third kappa shape index (κ3) is 4.03. The molecular formula is C16H19N3O2. The second-order valence-electron chi connectivity index (χ2n) is 4.87. The summed E-state index contributed by atoms with van der Waals surface area (Å²) in [4.78, 5) is 18.2. The first-order valence-corrected chi connectivity index (χ1v) is 6.76. The number of likely N-dealkylation sites (N-methyl/N-ethyl adjacent to an activating group) is 1. The van der Waals surface area contributed by atoms with Gasteiger partial charge in [0.05, 0.1) is 12.2 Å². The van der Waals surface area contributed by atoms with Crippen LogP contribution in [0, 0.1) is 6.92 Å². The van der Waals surface area contributed by atoms with Crippen LogP contribution in [-0.4, -0.2) is 36.2 Å². The Morgan fingerprint density at radius 1 is 1.24 bits per heavy atom. The molecule has 2 rings (SSSR count). The fourth-order valence-corrected chi connectivity index (χ4v) is 1.85. The number of carbonyl (C=O) groups excluding carboxylic acids is 1. The quantitative estimate of drug-likeness (QED) is 0.882. The third-order valence-corrected chi connectivity index (χ3v) is 3.15. The van der Waals surface area contributed by atoms with Gasteiger partial charge in [0.25, 0.3) is 5.91 Å². The minimum atomic E-state index is -0.192. The summed E-state index contributed by atoms with van der Waals surface area (Å²) in [6.45, 7) is 2.56. The highest BCUT2D eigenvalue weighted by Gasteiger charge is 2.08. The van der Waals surface area contributed by atoms with Crippen molar-refractivity contribution in [1.82, 2.24) is 4.98 Å². The molecule has 21 heavy (non-hydrogen) atoms. The van der Waals surface area contributed by atoms with Gasteiger partial charge in [-0.05, 0) is 31.2 Å². The topological polar surface area (TPSA) is 65.5 Å². The molecule has 0 fully saturated rings. The molecule has 0 unspecified atom stereocenters. The molecule has 2 aromatic rings. The highest BCUT2D eigenvalue weighted by molar-refractivity contribution is 6.04. The zero-order chi connectivity index (χ0) is 15.2. The van der Waals surface area contributed by atoms with E-state index in [4.69, 9.17) is 5.11 Å². The van der Waals surface area contributed by atoms with Crippen LogP contribution in [-0.2, 0) is 0 Å². The average Bonchev–Trinajstić information content (AvgIpc) is 2.50. The highest BCUT2D eigenvalue weighted by atomic mass is 16.3. The monoisotopic (exact) mass is 285 g/mol. The molecule has 0 bridgehead atoms.